The number of hydrogen-bond acceptors (Lipinski definition) is 5. The molecular formula is C16H13BrN2O3S. The number of thiophene rings is 1. The summed E-state index contributed by atoms with van der Waals surface area (Å²) in [6, 6.07) is 10.6. The normalized spacial score (nSPS) is 10.8. The lowest BCUT2D eigenvalue weighted by Gasteiger charge is -2.11. The van der Waals surface area contributed by atoms with Gasteiger partial charge in [-0.15, -0.1) is 11.3 Å². The number of benzene rings is 1. The summed E-state index contributed by atoms with van der Waals surface area (Å²) in [7, 11) is 3.04. The average Bonchev–Trinajstić information content (AvgIpc) is 2.97. The van der Waals surface area contributed by atoms with Crippen molar-refractivity contribution in [3.05, 3.63) is 44.6 Å². The maximum atomic E-state index is 12.3. The fraction of sp³-hybridized carbons (Fsp3) is 0.125. The topological polar surface area (TPSA) is 71.3 Å². The molecule has 1 heterocycles. The van der Waals surface area contributed by atoms with Gasteiger partial charge in [-0.05, 0) is 46.3 Å². The molecular weight excluding hydrogens is 380 g/mol. The summed E-state index contributed by atoms with van der Waals surface area (Å²) in [5.41, 5.74) is 0.476. The lowest BCUT2D eigenvalue weighted by atomic mass is 10.2. The molecule has 0 bridgehead atoms. The van der Waals surface area contributed by atoms with E-state index in [1.54, 1.807) is 31.4 Å². The zero-order valence-electron chi connectivity index (χ0n) is 12.4. The quantitative estimate of drug-likeness (QED) is 0.614. The molecule has 1 amide bonds. The van der Waals surface area contributed by atoms with Gasteiger partial charge in [-0.3, -0.25) is 4.79 Å². The first-order chi connectivity index (χ1) is 11.1. The van der Waals surface area contributed by atoms with Crippen LogP contribution in [0.4, 0.5) is 5.69 Å². The first-order valence-corrected chi connectivity index (χ1v) is 8.09. The van der Waals surface area contributed by atoms with Gasteiger partial charge < -0.3 is 14.8 Å². The summed E-state index contributed by atoms with van der Waals surface area (Å²) in [6.07, 6.45) is 1.54. The van der Waals surface area contributed by atoms with E-state index in [0.29, 0.717) is 17.2 Å². The fourth-order valence-electron chi connectivity index (χ4n) is 1.79. The average molecular weight is 393 g/mol. The summed E-state index contributed by atoms with van der Waals surface area (Å²) in [5, 5.41) is 11.9. The maximum Gasteiger partial charge on any atom is 0.266 e. The number of rotatable bonds is 5. The van der Waals surface area contributed by atoms with Gasteiger partial charge in [0.2, 0.25) is 0 Å². The van der Waals surface area contributed by atoms with E-state index in [0.717, 1.165) is 8.66 Å². The van der Waals surface area contributed by atoms with Gasteiger partial charge in [-0.25, -0.2) is 0 Å². The molecule has 0 radical (unpaired) electrons. The molecule has 118 valence electrons. The second-order valence-electron chi connectivity index (χ2n) is 4.33. The monoisotopic (exact) mass is 392 g/mol. The Morgan fingerprint density at radius 3 is 2.65 bits per heavy atom. The Kier molecular flexibility index (Phi) is 5.79. The number of amides is 1. The number of carbonyl (C=O) groups is 1. The zero-order valence-corrected chi connectivity index (χ0v) is 14.8. The number of nitriles is 1. The predicted octanol–water partition coefficient (Wildman–Crippen LogP) is 4.07. The van der Waals surface area contributed by atoms with Gasteiger partial charge in [0.05, 0.1) is 23.7 Å². The van der Waals surface area contributed by atoms with Crippen molar-refractivity contribution in [2.75, 3.05) is 19.5 Å². The van der Waals surface area contributed by atoms with Crippen molar-refractivity contribution in [2.45, 2.75) is 0 Å². The van der Waals surface area contributed by atoms with Gasteiger partial charge in [0, 0.05) is 10.9 Å². The largest absolute Gasteiger partial charge is 0.497 e. The molecule has 0 saturated carbocycles. The van der Waals surface area contributed by atoms with E-state index in [1.807, 2.05) is 18.2 Å². The van der Waals surface area contributed by atoms with Crippen molar-refractivity contribution >= 4 is 44.9 Å². The molecule has 2 rings (SSSR count). The smallest absolute Gasteiger partial charge is 0.266 e. The molecule has 1 aromatic heterocycles. The fourth-order valence-corrected chi connectivity index (χ4v) is 3.16. The number of anilines is 1. The minimum atomic E-state index is -0.500. The van der Waals surface area contributed by atoms with Gasteiger partial charge in [0.1, 0.15) is 23.1 Å². The van der Waals surface area contributed by atoms with E-state index in [4.69, 9.17) is 9.47 Å². The highest BCUT2D eigenvalue weighted by Gasteiger charge is 2.13. The number of hydrogen-bond donors (Lipinski definition) is 1. The number of carbonyl (C=O) groups excluding carboxylic acids is 1. The first kappa shape index (κ1) is 17.1. The molecule has 0 unspecified atom stereocenters. The Morgan fingerprint density at radius 1 is 1.30 bits per heavy atom. The second-order valence-corrected chi connectivity index (χ2v) is 6.83. The molecule has 1 N–H and O–H groups in total. The van der Waals surface area contributed by atoms with Crippen LogP contribution < -0.4 is 14.8 Å². The van der Waals surface area contributed by atoms with Crippen LogP contribution in [0.3, 0.4) is 0 Å². The molecule has 0 atom stereocenters. The summed E-state index contributed by atoms with van der Waals surface area (Å²) < 4.78 is 11.3. The molecule has 0 fully saturated rings. The molecule has 0 aliphatic rings. The summed E-state index contributed by atoms with van der Waals surface area (Å²) >= 11 is 4.78. The Balaban J connectivity index is 2.23. The third kappa shape index (κ3) is 4.34. The van der Waals surface area contributed by atoms with Gasteiger partial charge >= 0.3 is 0 Å². The molecule has 0 aliphatic carbocycles. The van der Waals surface area contributed by atoms with Crippen LogP contribution in [0.25, 0.3) is 6.08 Å². The Bertz CT molecular complexity index is 793. The van der Waals surface area contributed by atoms with Crippen LogP contribution in [-0.2, 0) is 4.79 Å². The number of ether oxygens (including phenoxy) is 2. The van der Waals surface area contributed by atoms with E-state index in [9.17, 15) is 10.1 Å². The Labute approximate surface area is 146 Å². The molecule has 0 aliphatic heterocycles. The van der Waals surface area contributed by atoms with Crippen LogP contribution in [0.1, 0.15) is 4.88 Å². The van der Waals surface area contributed by atoms with E-state index >= 15 is 0 Å². The molecule has 2 aromatic rings. The van der Waals surface area contributed by atoms with E-state index < -0.39 is 5.91 Å². The number of nitrogens with zero attached hydrogens (tertiary/aromatic N) is 1. The zero-order chi connectivity index (χ0) is 16.8. The number of nitrogens with one attached hydrogen (secondary N) is 1. The van der Waals surface area contributed by atoms with E-state index in [1.165, 1.54) is 18.4 Å². The van der Waals surface area contributed by atoms with Crippen molar-refractivity contribution in [3.63, 3.8) is 0 Å². The van der Waals surface area contributed by atoms with Crippen molar-refractivity contribution in [3.8, 4) is 17.6 Å². The van der Waals surface area contributed by atoms with E-state index in [-0.39, 0.29) is 5.57 Å². The lowest BCUT2D eigenvalue weighted by molar-refractivity contribution is -0.112. The second kappa shape index (κ2) is 7.81. The van der Waals surface area contributed by atoms with Crippen LogP contribution in [0.15, 0.2) is 39.7 Å². The number of halogens is 1. The maximum absolute atomic E-state index is 12.3. The highest BCUT2D eigenvalue weighted by molar-refractivity contribution is 9.11. The van der Waals surface area contributed by atoms with Crippen LogP contribution >= 0.6 is 27.3 Å². The van der Waals surface area contributed by atoms with Gasteiger partial charge in [-0.2, -0.15) is 5.26 Å². The molecule has 5 nitrogen and oxygen atoms in total. The van der Waals surface area contributed by atoms with Gasteiger partial charge in [-0.1, -0.05) is 0 Å². The SMILES string of the molecule is COc1ccc(NC(=O)C(C#N)=Cc2ccc(Br)s2)c(OC)c1. The predicted molar refractivity (Wildman–Crippen MR) is 93.8 cm³/mol. The van der Waals surface area contributed by atoms with E-state index in [2.05, 4.69) is 21.2 Å². The summed E-state index contributed by atoms with van der Waals surface area (Å²) in [5.74, 6) is 0.564. The lowest BCUT2D eigenvalue weighted by Crippen LogP contribution is -2.14. The molecule has 1 aromatic carbocycles. The molecule has 7 heteroatoms. The molecule has 23 heavy (non-hydrogen) atoms. The first-order valence-electron chi connectivity index (χ1n) is 6.48. The Hall–Kier alpha value is -2.30. The minimum absolute atomic E-state index is 0.0113. The van der Waals surface area contributed by atoms with Crippen LogP contribution in [0.2, 0.25) is 0 Å². The number of methoxy groups -OCH3 is 2. The van der Waals surface area contributed by atoms with Crippen LogP contribution in [0.5, 0.6) is 11.5 Å². The van der Waals surface area contributed by atoms with Crippen molar-refractivity contribution < 1.29 is 14.3 Å². The van der Waals surface area contributed by atoms with Crippen molar-refractivity contribution in [1.82, 2.24) is 0 Å². The highest BCUT2D eigenvalue weighted by atomic mass is 79.9. The van der Waals surface area contributed by atoms with Crippen LogP contribution in [-0.4, -0.2) is 20.1 Å². The van der Waals surface area contributed by atoms with Crippen molar-refractivity contribution in [1.29, 1.82) is 5.26 Å². The third-order valence-corrected chi connectivity index (χ3v) is 4.47. The minimum Gasteiger partial charge on any atom is -0.497 e. The summed E-state index contributed by atoms with van der Waals surface area (Å²) in [6.45, 7) is 0. The van der Waals surface area contributed by atoms with Crippen LogP contribution in [0, 0.1) is 11.3 Å². The third-order valence-electron chi connectivity index (χ3n) is 2.90. The highest BCUT2D eigenvalue weighted by Crippen LogP contribution is 2.29. The van der Waals surface area contributed by atoms with Crippen molar-refractivity contribution in [2.24, 2.45) is 0 Å². The van der Waals surface area contributed by atoms with Gasteiger partial charge in [0.15, 0.2) is 0 Å². The summed E-state index contributed by atoms with van der Waals surface area (Å²) in [4.78, 5) is 13.1. The standard InChI is InChI=1S/C16H13BrN2O3S/c1-21-11-3-5-13(14(8-11)22-2)19-16(20)10(9-18)7-12-4-6-15(17)23-12/h3-8H,1-2H3,(H,19,20). The molecule has 0 spiro atoms. The molecule has 0 saturated heterocycles. The van der Waals surface area contributed by atoms with Gasteiger partial charge in [0.25, 0.3) is 5.91 Å². The Morgan fingerprint density at radius 2 is 2.09 bits per heavy atom.